The fourth-order valence-corrected chi connectivity index (χ4v) is 5.52. The molecule has 0 bridgehead atoms. The molecule has 2 aromatic rings. The number of hydrogen-bond donors (Lipinski definition) is 1. The average Bonchev–Trinajstić information content (AvgIpc) is 3.34. The first kappa shape index (κ1) is 21.6. The second-order valence-corrected chi connectivity index (χ2v) is 9.81. The van der Waals surface area contributed by atoms with Gasteiger partial charge >= 0.3 is 0 Å². The highest BCUT2D eigenvalue weighted by Gasteiger charge is 2.28. The molecule has 1 N–H and O–H groups in total. The van der Waals surface area contributed by atoms with E-state index in [1.807, 2.05) is 4.90 Å². The maximum atomic E-state index is 13.0. The predicted molar refractivity (Wildman–Crippen MR) is 120 cm³/mol. The highest BCUT2D eigenvalue weighted by molar-refractivity contribution is 7.92. The molecule has 31 heavy (non-hydrogen) atoms. The third-order valence-corrected chi connectivity index (χ3v) is 7.56. The van der Waals surface area contributed by atoms with Crippen molar-refractivity contribution in [3.8, 4) is 5.75 Å². The topological polar surface area (TPSA) is 78.9 Å². The predicted octanol–water partition coefficient (Wildman–Crippen LogP) is 3.20. The molecule has 4 rings (SSSR count). The molecule has 1 heterocycles. The third-order valence-electron chi connectivity index (χ3n) is 6.18. The van der Waals surface area contributed by atoms with Crippen molar-refractivity contribution in [3.63, 3.8) is 0 Å². The van der Waals surface area contributed by atoms with Crippen molar-refractivity contribution in [1.29, 1.82) is 0 Å². The van der Waals surface area contributed by atoms with Crippen molar-refractivity contribution >= 4 is 21.6 Å². The summed E-state index contributed by atoms with van der Waals surface area (Å²) in [6.45, 7) is 3.12. The quantitative estimate of drug-likeness (QED) is 0.742. The summed E-state index contributed by atoms with van der Waals surface area (Å²) < 4.78 is 33.3. The van der Waals surface area contributed by atoms with E-state index < -0.39 is 10.0 Å². The molecular formula is C23H29N3O4S. The van der Waals surface area contributed by atoms with Gasteiger partial charge in [-0.2, -0.15) is 0 Å². The van der Waals surface area contributed by atoms with Gasteiger partial charge < -0.3 is 9.64 Å². The van der Waals surface area contributed by atoms with Gasteiger partial charge in [-0.1, -0.05) is 18.9 Å². The summed E-state index contributed by atoms with van der Waals surface area (Å²) in [5, 5.41) is 0. The molecular weight excluding hydrogens is 414 g/mol. The van der Waals surface area contributed by atoms with Gasteiger partial charge in [0.2, 0.25) is 0 Å². The van der Waals surface area contributed by atoms with E-state index in [9.17, 15) is 13.2 Å². The van der Waals surface area contributed by atoms with Gasteiger partial charge in [0.05, 0.1) is 12.0 Å². The van der Waals surface area contributed by atoms with Crippen LogP contribution in [0.5, 0.6) is 5.75 Å². The number of methoxy groups -OCH3 is 1. The molecule has 0 atom stereocenters. The maximum absolute atomic E-state index is 13.0. The summed E-state index contributed by atoms with van der Waals surface area (Å²) in [5.74, 6) is 0.524. The van der Waals surface area contributed by atoms with Crippen LogP contribution in [0.3, 0.4) is 0 Å². The first-order chi connectivity index (χ1) is 15.0. The van der Waals surface area contributed by atoms with Crippen LogP contribution in [-0.2, 0) is 10.0 Å². The first-order valence-corrected chi connectivity index (χ1v) is 12.2. The summed E-state index contributed by atoms with van der Waals surface area (Å²) in [5.41, 5.74) is 0.826. The van der Waals surface area contributed by atoms with Crippen molar-refractivity contribution in [3.05, 3.63) is 54.1 Å². The number of benzene rings is 2. The number of carbonyl (C=O) groups is 1. The highest BCUT2D eigenvalue weighted by atomic mass is 32.2. The summed E-state index contributed by atoms with van der Waals surface area (Å²) >= 11 is 0. The molecule has 166 valence electrons. The van der Waals surface area contributed by atoms with Crippen LogP contribution in [-0.4, -0.2) is 63.5 Å². The zero-order valence-electron chi connectivity index (χ0n) is 17.8. The van der Waals surface area contributed by atoms with Gasteiger partial charge in [-0.25, -0.2) is 8.42 Å². The second kappa shape index (κ2) is 9.28. The molecule has 2 fully saturated rings. The van der Waals surface area contributed by atoms with Crippen molar-refractivity contribution in [2.24, 2.45) is 0 Å². The van der Waals surface area contributed by atoms with Crippen molar-refractivity contribution in [2.45, 2.75) is 36.6 Å². The molecule has 7 nitrogen and oxygen atoms in total. The molecule has 1 amide bonds. The Morgan fingerprint density at radius 3 is 2.32 bits per heavy atom. The Labute approximate surface area is 184 Å². The molecule has 1 saturated carbocycles. The van der Waals surface area contributed by atoms with Crippen LogP contribution in [0.1, 0.15) is 36.0 Å². The second-order valence-electron chi connectivity index (χ2n) is 8.13. The fourth-order valence-electron chi connectivity index (χ4n) is 4.41. The Hall–Kier alpha value is -2.58. The lowest BCUT2D eigenvalue weighted by atomic mass is 10.1. The Morgan fingerprint density at radius 2 is 1.68 bits per heavy atom. The number of nitrogens with one attached hydrogen (secondary N) is 1. The van der Waals surface area contributed by atoms with E-state index in [0.29, 0.717) is 36.1 Å². The average molecular weight is 444 g/mol. The van der Waals surface area contributed by atoms with Crippen molar-refractivity contribution in [1.82, 2.24) is 9.80 Å². The molecule has 1 saturated heterocycles. The molecule has 2 aromatic carbocycles. The zero-order valence-corrected chi connectivity index (χ0v) is 18.6. The molecule has 0 aromatic heterocycles. The van der Waals surface area contributed by atoms with Crippen LogP contribution >= 0.6 is 0 Å². The number of amides is 1. The molecule has 0 spiro atoms. The Bertz CT molecular complexity index is 1010. The number of carbonyl (C=O) groups excluding carboxylic acids is 1. The van der Waals surface area contributed by atoms with Gasteiger partial charge in [-0.3, -0.25) is 14.4 Å². The number of ether oxygens (including phenoxy) is 1. The van der Waals surface area contributed by atoms with Crippen LogP contribution in [0.2, 0.25) is 0 Å². The molecule has 0 radical (unpaired) electrons. The highest BCUT2D eigenvalue weighted by Crippen LogP contribution is 2.25. The number of sulfonamides is 1. The lowest BCUT2D eigenvalue weighted by Gasteiger charge is -2.38. The van der Waals surface area contributed by atoms with E-state index in [2.05, 4.69) is 9.62 Å². The van der Waals surface area contributed by atoms with Crippen molar-refractivity contribution < 1.29 is 17.9 Å². The van der Waals surface area contributed by atoms with Crippen molar-refractivity contribution in [2.75, 3.05) is 38.0 Å². The van der Waals surface area contributed by atoms with Gasteiger partial charge in [-0.05, 0) is 55.3 Å². The zero-order chi connectivity index (χ0) is 21.8. The van der Waals surface area contributed by atoms with Crippen LogP contribution in [0.4, 0.5) is 5.69 Å². The molecule has 1 aliphatic carbocycles. The molecule has 0 unspecified atom stereocenters. The SMILES string of the molecule is COc1ccc(NS(=O)(=O)c2cccc(C(=O)N3CCN(C4CCCC4)CC3)c2)cc1. The first-order valence-electron chi connectivity index (χ1n) is 10.8. The van der Waals surface area contributed by atoms with Gasteiger partial charge in [0.1, 0.15) is 5.75 Å². The maximum Gasteiger partial charge on any atom is 0.261 e. The van der Waals surface area contributed by atoms with E-state index in [4.69, 9.17) is 4.74 Å². The number of rotatable bonds is 6. The number of hydrogen-bond acceptors (Lipinski definition) is 5. The number of nitrogens with zero attached hydrogens (tertiary/aromatic N) is 2. The number of anilines is 1. The third kappa shape index (κ3) is 5.02. The monoisotopic (exact) mass is 443 g/mol. The van der Waals surface area contributed by atoms with E-state index in [1.165, 1.54) is 37.8 Å². The Morgan fingerprint density at radius 1 is 1.00 bits per heavy atom. The largest absolute Gasteiger partial charge is 0.497 e. The normalized spacial score (nSPS) is 18.2. The van der Waals surface area contributed by atoms with E-state index >= 15 is 0 Å². The van der Waals surface area contributed by atoms with Crippen LogP contribution < -0.4 is 9.46 Å². The smallest absolute Gasteiger partial charge is 0.261 e. The minimum absolute atomic E-state index is 0.0683. The fraction of sp³-hybridized carbons (Fsp3) is 0.435. The lowest BCUT2D eigenvalue weighted by molar-refractivity contribution is 0.0573. The minimum atomic E-state index is -3.81. The summed E-state index contributed by atoms with van der Waals surface area (Å²) in [7, 11) is -2.26. The number of piperazine rings is 1. The van der Waals surface area contributed by atoms with Gasteiger partial charge in [-0.15, -0.1) is 0 Å². The molecule has 8 heteroatoms. The van der Waals surface area contributed by atoms with Gasteiger partial charge in [0, 0.05) is 43.5 Å². The van der Waals surface area contributed by atoms with E-state index in [1.54, 1.807) is 43.5 Å². The Balaban J connectivity index is 1.42. The van der Waals surface area contributed by atoms with Gasteiger partial charge in [0.25, 0.3) is 15.9 Å². The molecule has 1 aliphatic heterocycles. The van der Waals surface area contributed by atoms with Crippen LogP contribution in [0.15, 0.2) is 53.4 Å². The molecule has 2 aliphatic rings. The summed E-state index contributed by atoms with van der Waals surface area (Å²) in [6, 6.07) is 13.5. The van der Waals surface area contributed by atoms with E-state index in [-0.39, 0.29) is 10.8 Å². The standard InChI is InChI=1S/C23H29N3O4S/c1-30-21-11-9-19(10-12-21)24-31(28,29)22-8-4-5-18(17-22)23(27)26-15-13-25(14-16-26)20-6-2-3-7-20/h4-5,8-12,17,20,24H,2-3,6-7,13-16H2,1H3. The van der Waals surface area contributed by atoms with Crippen LogP contribution in [0, 0.1) is 0 Å². The minimum Gasteiger partial charge on any atom is -0.497 e. The summed E-state index contributed by atoms with van der Waals surface area (Å²) in [6.07, 6.45) is 5.12. The summed E-state index contributed by atoms with van der Waals surface area (Å²) in [4.78, 5) is 17.4. The Kier molecular flexibility index (Phi) is 6.48. The lowest BCUT2D eigenvalue weighted by Crippen LogP contribution is -2.51. The van der Waals surface area contributed by atoms with Crippen LogP contribution in [0.25, 0.3) is 0 Å². The van der Waals surface area contributed by atoms with Gasteiger partial charge in [0.15, 0.2) is 0 Å². The van der Waals surface area contributed by atoms with E-state index in [0.717, 1.165) is 13.1 Å².